The van der Waals surface area contributed by atoms with Crippen molar-refractivity contribution in [2.24, 2.45) is 0 Å². The lowest BCUT2D eigenvalue weighted by Crippen LogP contribution is -2.21. The van der Waals surface area contributed by atoms with Crippen LogP contribution in [-0.2, 0) is 6.54 Å². The summed E-state index contributed by atoms with van der Waals surface area (Å²) in [6.07, 6.45) is 1.57. The van der Waals surface area contributed by atoms with E-state index >= 15 is 0 Å². The van der Waals surface area contributed by atoms with Crippen molar-refractivity contribution < 1.29 is 4.52 Å². The minimum atomic E-state index is -0.104. The molecule has 6 nitrogen and oxygen atoms in total. The standard InChI is InChI=1S/C20H13ClN4O2S2/c1-11-15-19(22-10-25(20(15)26)9-12-4-2-5-13(21)8-12)29-16(11)18-23-17(24-27-18)14-6-3-7-28-14/h2-8,10H,9H2,1H3. The van der Waals surface area contributed by atoms with Gasteiger partial charge in [-0.25, -0.2) is 4.98 Å². The molecule has 29 heavy (non-hydrogen) atoms. The molecule has 4 aromatic heterocycles. The van der Waals surface area contributed by atoms with Gasteiger partial charge >= 0.3 is 0 Å². The molecule has 0 aliphatic heterocycles. The van der Waals surface area contributed by atoms with Crippen molar-refractivity contribution in [1.29, 1.82) is 0 Å². The van der Waals surface area contributed by atoms with Crippen LogP contribution >= 0.6 is 34.3 Å². The Morgan fingerprint density at radius 2 is 2.14 bits per heavy atom. The Labute approximate surface area is 178 Å². The predicted molar refractivity (Wildman–Crippen MR) is 116 cm³/mol. The maximum atomic E-state index is 13.1. The summed E-state index contributed by atoms with van der Waals surface area (Å²) in [6.45, 7) is 2.28. The van der Waals surface area contributed by atoms with E-state index in [0.717, 1.165) is 20.9 Å². The molecule has 144 valence electrons. The fourth-order valence-electron chi connectivity index (χ4n) is 3.13. The largest absolute Gasteiger partial charge is 0.333 e. The SMILES string of the molecule is Cc1c(-c2nc(-c3cccs3)no2)sc2ncn(Cc3cccc(Cl)c3)c(=O)c12. The zero-order valence-corrected chi connectivity index (χ0v) is 17.5. The van der Waals surface area contributed by atoms with Crippen molar-refractivity contribution in [3.63, 3.8) is 0 Å². The molecule has 0 unspecified atom stereocenters. The number of rotatable bonds is 4. The number of nitrogens with zero attached hydrogens (tertiary/aromatic N) is 4. The molecule has 0 amide bonds. The molecule has 0 radical (unpaired) electrons. The molecule has 5 aromatic rings. The van der Waals surface area contributed by atoms with E-state index < -0.39 is 0 Å². The van der Waals surface area contributed by atoms with Crippen LogP contribution in [-0.4, -0.2) is 19.7 Å². The number of aromatic nitrogens is 4. The van der Waals surface area contributed by atoms with Gasteiger partial charge in [-0.2, -0.15) is 4.98 Å². The van der Waals surface area contributed by atoms with Crippen LogP contribution in [0.1, 0.15) is 11.1 Å². The second-order valence-corrected chi connectivity index (χ2v) is 8.83. The van der Waals surface area contributed by atoms with E-state index in [1.807, 2.05) is 42.6 Å². The zero-order chi connectivity index (χ0) is 20.0. The maximum absolute atomic E-state index is 13.1. The molecule has 0 N–H and O–H groups in total. The van der Waals surface area contributed by atoms with Gasteiger partial charge < -0.3 is 4.52 Å². The number of hydrogen-bond donors (Lipinski definition) is 0. The first kappa shape index (κ1) is 18.2. The van der Waals surface area contributed by atoms with E-state index in [2.05, 4.69) is 15.1 Å². The fraction of sp³-hybridized carbons (Fsp3) is 0.100. The lowest BCUT2D eigenvalue weighted by Gasteiger charge is -2.06. The molecule has 4 heterocycles. The van der Waals surface area contributed by atoms with Gasteiger partial charge in [-0.1, -0.05) is 35.0 Å². The molecule has 0 saturated carbocycles. The van der Waals surface area contributed by atoms with Crippen LogP contribution in [0, 0.1) is 6.92 Å². The monoisotopic (exact) mass is 440 g/mol. The Bertz CT molecular complexity index is 1390. The Kier molecular flexibility index (Phi) is 4.54. The molecule has 9 heteroatoms. The highest BCUT2D eigenvalue weighted by atomic mass is 35.5. The molecule has 0 aliphatic rings. The molecule has 5 rings (SSSR count). The summed E-state index contributed by atoms with van der Waals surface area (Å²) >= 11 is 8.98. The van der Waals surface area contributed by atoms with Gasteiger partial charge in [0.1, 0.15) is 4.83 Å². The van der Waals surface area contributed by atoms with Crippen molar-refractivity contribution in [2.45, 2.75) is 13.5 Å². The van der Waals surface area contributed by atoms with Gasteiger partial charge in [0.05, 0.1) is 28.0 Å². The van der Waals surface area contributed by atoms with Crippen molar-refractivity contribution in [2.75, 3.05) is 0 Å². The molecule has 0 fully saturated rings. The first-order valence-corrected chi connectivity index (χ1v) is 10.8. The number of hydrogen-bond acceptors (Lipinski definition) is 7. The van der Waals surface area contributed by atoms with Crippen LogP contribution in [0.25, 0.3) is 31.7 Å². The highest BCUT2D eigenvalue weighted by molar-refractivity contribution is 7.22. The first-order chi connectivity index (χ1) is 14.1. The lowest BCUT2D eigenvalue weighted by molar-refractivity contribution is 0.433. The fourth-order valence-corrected chi connectivity index (χ4v) is 5.05. The van der Waals surface area contributed by atoms with Gasteiger partial charge in [0.25, 0.3) is 11.4 Å². The molecule has 0 aliphatic carbocycles. The van der Waals surface area contributed by atoms with E-state index in [4.69, 9.17) is 16.1 Å². The Morgan fingerprint density at radius 1 is 1.24 bits per heavy atom. The highest BCUT2D eigenvalue weighted by Crippen LogP contribution is 2.36. The van der Waals surface area contributed by atoms with E-state index in [9.17, 15) is 4.79 Å². The second kappa shape index (κ2) is 7.22. The average Bonchev–Trinajstić information content (AvgIpc) is 3.44. The number of halogens is 1. The smallest absolute Gasteiger partial charge is 0.268 e. The molecular formula is C20H13ClN4O2S2. The number of thiophene rings is 2. The Morgan fingerprint density at radius 3 is 2.93 bits per heavy atom. The van der Waals surface area contributed by atoms with Crippen molar-refractivity contribution in [3.8, 4) is 21.5 Å². The summed E-state index contributed by atoms with van der Waals surface area (Å²) in [6, 6.07) is 11.3. The van der Waals surface area contributed by atoms with Crippen molar-refractivity contribution in [3.05, 3.63) is 74.6 Å². The molecule has 0 atom stereocenters. The van der Waals surface area contributed by atoms with Crippen molar-refractivity contribution >= 4 is 44.5 Å². The summed E-state index contributed by atoms with van der Waals surface area (Å²) in [7, 11) is 0. The van der Waals surface area contributed by atoms with Crippen molar-refractivity contribution in [1.82, 2.24) is 19.7 Å². The quantitative estimate of drug-likeness (QED) is 0.381. The third-order valence-electron chi connectivity index (χ3n) is 4.52. The topological polar surface area (TPSA) is 73.8 Å². The van der Waals surface area contributed by atoms with E-state index in [-0.39, 0.29) is 5.56 Å². The molecule has 0 saturated heterocycles. The molecular weight excluding hydrogens is 428 g/mol. The minimum Gasteiger partial charge on any atom is -0.333 e. The van der Waals surface area contributed by atoms with Gasteiger partial charge in [0.15, 0.2) is 0 Å². The van der Waals surface area contributed by atoms with Crippen LogP contribution in [0.4, 0.5) is 0 Å². The Hall–Kier alpha value is -2.81. The summed E-state index contributed by atoms with van der Waals surface area (Å²) in [5.41, 5.74) is 1.63. The summed E-state index contributed by atoms with van der Waals surface area (Å²) < 4.78 is 7.05. The van der Waals surface area contributed by atoms with E-state index in [0.29, 0.717) is 33.5 Å². The average molecular weight is 441 g/mol. The van der Waals surface area contributed by atoms with Crippen LogP contribution in [0.15, 0.2) is 57.4 Å². The summed E-state index contributed by atoms with van der Waals surface area (Å²) in [5.74, 6) is 0.938. The van der Waals surface area contributed by atoms with Gasteiger partial charge in [-0.05, 0) is 41.6 Å². The summed E-state index contributed by atoms with van der Waals surface area (Å²) in [5, 5.41) is 7.24. The minimum absolute atomic E-state index is 0.104. The normalized spacial score (nSPS) is 11.4. The molecule has 0 spiro atoms. The van der Waals surface area contributed by atoms with Gasteiger partial charge in [0, 0.05) is 5.02 Å². The number of benzene rings is 1. The van der Waals surface area contributed by atoms with Gasteiger partial charge in [-0.3, -0.25) is 9.36 Å². The van der Waals surface area contributed by atoms with Crippen LogP contribution in [0.2, 0.25) is 5.02 Å². The van der Waals surface area contributed by atoms with Crippen LogP contribution in [0.5, 0.6) is 0 Å². The maximum Gasteiger partial charge on any atom is 0.268 e. The number of fused-ring (bicyclic) bond motifs is 1. The Balaban J connectivity index is 1.57. The van der Waals surface area contributed by atoms with E-state index in [1.54, 1.807) is 28.3 Å². The summed E-state index contributed by atoms with van der Waals surface area (Å²) in [4.78, 5) is 24.4. The number of aryl methyl sites for hydroxylation is 1. The zero-order valence-electron chi connectivity index (χ0n) is 15.1. The predicted octanol–water partition coefficient (Wildman–Crippen LogP) is 5.25. The van der Waals surface area contributed by atoms with Crippen LogP contribution < -0.4 is 5.56 Å². The molecule has 1 aromatic carbocycles. The van der Waals surface area contributed by atoms with Crippen LogP contribution in [0.3, 0.4) is 0 Å². The second-order valence-electron chi connectivity index (χ2n) is 6.44. The first-order valence-electron chi connectivity index (χ1n) is 8.71. The highest BCUT2D eigenvalue weighted by Gasteiger charge is 2.20. The third-order valence-corrected chi connectivity index (χ3v) is 6.81. The third kappa shape index (κ3) is 3.29. The van der Waals surface area contributed by atoms with E-state index in [1.165, 1.54) is 11.3 Å². The molecule has 0 bridgehead atoms. The van der Waals surface area contributed by atoms with Gasteiger partial charge in [0.2, 0.25) is 5.82 Å². The lowest BCUT2D eigenvalue weighted by atomic mass is 10.2. The van der Waals surface area contributed by atoms with Gasteiger partial charge in [-0.15, -0.1) is 22.7 Å².